The van der Waals surface area contributed by atoms with Crippen molar-refractivity contribution in [3.05, 3.63) is 59.2 Å². The van der Waals surface area contributed by atoms with Crippen molar-refractivity contribution in [1.29, 1.82) is 0 Å². The van der Waals surface area contributed by atoms with E-state index in [1.165, 1.54) is 11.1 Å². The molecule has 6 nitrogen and oxygen atoms in total. The fraction of sp³-hybridized carbons (Fsp3) is 0.440. The number of fused-ring (bicyclic) bond motifs is 1. The van der Waals surface area contributed by atoms with Gasteiger partial charge < -0.3 is 20.1 Å². The van der Waals surface area contributed by atoms with Crippen molar-refractivity contribution in [2.24, 2.45) is 0 Å². The fourth-order valence-electron chi connectivity index (χ4n) is 4.89. The van der Waals surface area contributed by atoms with Gasteiger partial charge in [0.1, 0.15) is 0 Å². The zero-order valence-electron chi connectivity index (χ0n) is 18.2. The SMILES string of the molecule is COc1ccc(C[C@]2(CCC(=O)N[C@@H]3CCc4ccccc43)CCC(=O)N2)cc1OC. The monoisotopic (exact) mass is 422 g/mol. The van der Waals surface area contributed by atoms with Crippen molar-refractivity contribution >= 4 is 11.8 Å². The lowest BCUT2D eigenvalue weighted by Crippen LogP contribution is -2.44. The molecule has 2 aliphatic rings. The van der Waals surface area contributed by atoms with Gasteiger partial charge >= 0.3 is 0 Å². The van der Waals surface area contributed by atoms with E-state index in [1.54, 1.807) is 14.2 Å². The molecule has 4 rings (SSSR count). The molecule has 31 heavy (non-hydrogen) atoms. The number of rotatable bonds is 8. The maximum Gasteiger partial charge on any atom is 0.220 e. The first-order chi connectivity index (χ1) is 15.0. The van der Waals surface area contributed by atoms with Crippen LogP contribution < -0.4 is 20.1 Å². The number of hydrogen-bond donors (Lipinski definition) is 2. The number of carbonyl (C=O) groups is 2. The maximum absolute atomic E-state index is 12.8. The van der Waals surface area contributed by atoms with Crippen LogP contribution in [-0.2, 0) is 22.4 Å². The Bertz CT molecular complexity index is 974. The van der Waals surface area contributed by atoms with E-state index in [9.17, 15) is 9.59 Å². The molecular formula is C25H30N2O4. The van der Waals surface area contributed by atoms with Gasteiger partial charge in [-0.1, -0.05) is 30.3 Å². The van der Waals surface area contributed by atoms with Crippen molar-refractivity contribution in [3.63, 3.8) is 0 Å². The van der Waals surface area contributed by atoms with Crippen LogP contribution in [0.3, 0.4) is 0 Å². The minimum Gasteiger partial charge on any atom is -0.493 e. The Morgan fingerprint density at radius 2 is 1.94 bits per heavy atom. The number of ether oxygens (including phenoxy) is 2. The summed E-state index contributed by atoms with van der Waals surface area (Å²) < 4.78 is 10.7. The Hall–Kier alpha value is -3.02. The molecule has 0 radical (unpaired) electrons. The highest BCUT2D eigenvalue weighted by molar-refractivity contribution is 5.80. The van der Waals surface area contributed by atoms with Gasteiger partial charge in [-0.05, 0) is 60.9 Å². The summed E-state index contributed by atoms with van der Waals surface area (Å²) >= 11 is 0. The quantitative estimate of drug-likeness (QED) is 0.683. The molecule has 2 aromatic rings. The average Bonchev–Trinajstić information content (AvgIpc) is 3.36. The molecule has 1 heterocycles. The summed E-state index contributed by atoms with van der Waals surface area (Å²) in [4.78, 5) is 24.8. The Kier molecular flexibility index (Phi) is 6.16. The Morgan fingerprint density at radius 3 is 2.68 bits per heavy atom. The smallest absolute Gasteiger partial charge is 0.220 e. The Morgan fingerprint density at radius 1 is 1.13 bits per heavy atom. The molecule has 1 saturated heterocycles. The molecule has 0 aromatic heterocycles. The summed E-state index contributed by atoms with van der Waals surface area (Å²) in [6.07, 6.45) is 4.79. The first kappa shape index (κ1) is 21.2. The molecule has 1 aliphatic carbocycles. The van der Waals surface area contributed by atoms with Gasteiger partial charge in [-0.3, -0.25) is 9.59 Å². The van der Waals surface area contributed by atoms with Crippen LogP contribution >= 0.6 is 0 Å². The van der Waals surface area contributed by atoms with Crippen molar-refractivity contribution < 1.29 is 19.1 Å². The molecule has 2 atom stereocenters. The molecule has 164 valence electrons. The van der Waals surface area contributed by atoms with E-state index in [2.05, 4.69) is 22.8 Å². The molecule has 1 aliphatic heterocycles. The van der Waals surface area contributed by atoms with Crippen LogP contribution in [0, 0.1) is 0 Å². The van der Waals surface area contributed by atoms with Crippen molar-refractivity contribution in [2.75, 3.05) is 14.2 Å². The van der Waals surface area contributed by atoms with Crippen molar-refractivity contribution in [1.82, 2.24) is 10.6 Å². The number of aryl methyl sites for hydroxylation is 1. The third-order valence-electron chi connectivity index (χ3n) is 6.52. The molecule has 0 unspecified atom stereocenters. The summed E-state index contributed by atoms with van der Waals surface area (Å²) in [7, 11) is 3.22. The predicted molar refractivity (Wildman–Crippen MR) is 118 cm³/mol. The second kappa shape index (κ2) is 9.00. The predicted octanol–water partition coefficient (Wildman–Crippen LogP) is 3.48. The van der Waals surface area contributed by atoms with Gasteiger partial charge in [0.05, 0.1) is 20.3 Å². The Labute approximate surface area is 183 Å². The molecule has 2 aromatic carbocycles. The van der Waals surface area contributed by atoms with E-state index in [1.807, 2.05) is 30.3 Å². The highest BCUT2D eigenvalue weighted by atomic mass is 16.5. The first-order valence-corrected chi connectivity index (χ1v) is 10.9. The van der Waals surface area contributed by atoms with E-state index in [4.69, 9.17) is 9.47 Å². The molecule has 1 fully saturated rings. The van der Waals surface area contributed by atoms with Gasteiger partial charge in [0.15, 0.2) is 11.5 Å². The van der Waals surface area contributed by atoms with Gasteiger partial charge in [0.2, 0.25) is 11.8 Å². The summed E-state index contributed by atoms with van der Waals surface area (Å²) in [6, 6.07) is 14.2. The topological polar surface area (TPSA) is 76.7 Å². The van der Waals surface area contributed by atoms with Crippen molar-refractivity contribution in [2.45, 2.75) is 56.5 Å². The van der Waals surface area contributed by atoms with Crippen molar-refractivity contribution in [3.8, 4) is 11.5 Å². The minimum atomic E-state index is -0.415. The Balaban J connectivity index is 1.42. The minimum absolute atomic E-state index is 0.0366. The van der Waals surface area contributed by atoms with Crippen LogP contribution in [0.1, 0.15) is 54.8 Å². The number of benzene rings is 2. The summed E-state index contributed by atoms with van der Waals surface area (Å²) in [5, 5.41) is 6.35. The lowest BCUT2D eigenvalue weighted by molar-refractivity contribution is -0.123. The summed E-state index contributed by atoms with van der Waals surface area (Å²) in [5.41, 5.74) is 3.18. The van der Waals surface area contributed by atoms with Crippen LogP contribution in [0.5, 0.6) is 11.5 Å². The molecule has 2 amide bonds. The normalized spacial score (nSPS) is 22.0. The van der Waals surface area contributed by atoms with E-state index in [0.717, 1.165) is 24.8 Å². The summed E-state index contributed by atoms with van der Waals surface area (Å²) in [5.74, 6) is 1.42. The zero-order valence-corrected chi connectivity index (χ0v) is 18.2. The lowest BCUT2D eigenvalue weighted by atomic mass is 9.84. The van der Waals surface area contributed by atoms with E-state index in [-0.39, 0.29) is 17.9 Å². The van der Waals surface area contributed by atoms with Gasteiger partial charge in [0.25, 0.3) is 0 Å². The standard InChI is InChI=1S/C25H30N2O4/c1-30-21-10-7-17(15-22(21)31-2)16-25(14-12-24(29)27-25)13-11-23(28)26-20-9-8-18-5-3-4-6-19(18)20/h3-7,10,15,20H,8-9,11-14,16H2,1-2H3,(H,26,28)(H,27,29)/t20-,25+/m1/s1. The van der Waals surface area contributed by atoms with E-state index >= 15 is 0 Å². The highest BCUT2D eigenvalue weighted by Crippen LogP contribution is 2.34. The molecule has 0 bridgehead atoms. The highest BCUT2D eigenvalue weighted by Gasteiger charge is 2.38. The number of hydrogen-bond acceptors (Lipinski definition) is 4. The van der Waals surface area contributed by atoms with E-state index in [0.29, 0.717) is 37.2 Å². The van der Waals surface area contributed by atoms with Crippen LogP contribution in [0.4, 0.5) is 0 Å². The second-order valence-electron chi connectivity index (χ2n) is 8.55. The van der Waals surface area contributed by atoms with Crippen LogP contribution in [0.2, 0.25) is 0 Å². The molecular weight excluding hydrogens is 392 g/mol. The maximum atomic E-state index is 12.8. The third-order valence-corrected chi connectivity index (χ3v) is 6.52. The molecule has 6 heteroatoms. The number of carbonyl (C=O) groups excluding carboxylic acids is 2. The molecule has 0 spiro atoms. The number of methoxy groups -OCH3 is 2. The fourth-order valence-corrected chi connectivity index (χ4v) is 4.89. The van der Waals surface area contributed by atoms with Crippen LogP contribution in [0.15, 0.2) is 42.5 Å². The second-order valence-corrected chi connectivity index (χ2v) is 8.55. The van der Waals surface area contributed by atoms with Gasteiger partial charge in [-0.15, -0.1) is 0 Å². The van der Waals surface area contributed by atoms with Crippen LogP contribution in [-0.4, -0.2) is 31.6 Å². The van der Waals surface area contributed by atoms with Gasteiger partial charge in [-0.25, -0.2) is 0 Å². The van der Waals surface area contributed by atoms with Crippen LogP contribution in [0.25, 0.3) is 0 Å². The van der Waals surface area contributed by atoms with Gasteiger partial charge in [-0.2, -0.15) is 0 Å². The average molecular weight is 423 g/mol. The molecule has 2 N–H and O–H groups in total. The largest absolute Gasteiger partial charge is 0.493 e. The molecule has 0 saturated carbocycles. The number of amides is 2. The third kappa shape index (κ3) is 4.68. The first-order valence-electron chi connectivity index (χ1n) is 10.9. The number of nitrogens with one attached hydrogen (secondary N) is 2. The zero-order chi connectivity index (χ0) is 21.8. The van der Waals surface area contributed by atoms with Gasteiger partial charge in [0, 0.05) is 18.4 Å². The van der Waals surface area contributed by atoms with E-state index < -0.39 is 5.54 Å². The lowest BCUT2D eigenvalue weighted by Gasteiger charge is -2.30. The summed E-state index contributed by atoms with van der Waals surface area (Å²) in [6.45, 7) is 0.